The molecule has 0 saturated heterocycles. The second-order valence-electron chi connectivity index (χ2n) is 4.63. The monoisotopic (exact) mass is 205 g/mol. The number of nitroso groups, excluding NO2 is 1. The zero-order valence-corrected chi connectivity index (χ0v) is 9.50. The van der Waals surface area contributed by atoms with Crippen LogP contribution in [0.25, 0.3) is 0 Å². The molecule has 80 valence electrons. The third kappa shape index (κ3) is 2.49. The highest BCUT2D eigenvalue weighted by molar-refractivity contribution is 5.98. The average molecular weight is 205 g/mol. The second-order valence-corrected chi connectivity index (χ2v) is 4.63. The molecule has 0 aliphatic heterocycles. The van der Waals surface area contributed by atoms with Crippen LogP contribution in [0.3, 0.4) is 0 Å². The van der Waals surface area contributed by atoms with Gasteiger partial charge in [-0.25, -0.2) is 0 Å². The van der Waals surface area contributed by atoms with Gasteiger partial charge in [0.05, 0.1) is 0 Å². The van der Waals surface area contributed by atoms with Crippen LogP contribution in [0.15, 0.2) is 23.4 Å². The topological polar surface area (TPSA) is 46.5 Å². The number of rotatable bonds is 2. The molecule has 0 amide bonds. The Morgan fingerprint density at radius 2 is 1.87 bits per heavy atom. The molecular formula is C12H15NO2. The van der Waals surface area contributed by atoms with Crippen molar-refractivity contribution in [1.29, 1.82) is 0 Å². The Labute approximate surface area is 89.5 Å². The molecule has 3 heteroatoms. The van der Waals surface area contributed by atoms with E-state index in [9.17, 15) is 9.70 Å². The molecule has 0 atom stereocenters. The second kappa shape index (κ2) is 3.93. The van der Waals surface area contributed by atoms with Gasteiger partial charge in [0, 0.05) is 5.56 Å². The summed E-state index contributed by atoms with van der Waals surface area (Å²) in [6.45, 7) is 7.57. The van der Waals surface area contributed by atoms with Crippen LogP contribution in [0.2, 0.25) is 0 Å². The molecular weight excluding hydrogens is 190 g/mol. The number of carbonyl (C=O) groups excluding carboxylic acids is 1. The Balaban J connectivity index is 3.31. The van der Waals surface area contributed by atoms with E-state index in [0.29, 0.717) is 5.56 Å². The lowest BCUT2D eigenvalue weighted by Crippen LogP contribution is -2.11. The van der Waals surface area contributed by atoms with E-state index >= 15 is 0 Å². The number of carbonyl (C=O) groups is 1. The van der Waals surface area contributed by atoms with Crippen LogP contribution < -0.4 is 0 Å². The molecule has 0 spiro atoms. The Kier molecular flexibility index (Phi) is 3.03. The van der Waals surface area contributed by atoms with Gasteiger partial charge in [0.2, 0.25) is 0 Å². The lowest BCUT2D eigenvalue weighted by Gasteiger charge is -2.19. The Morgan fingerprint density at radius 1 is 1.27 bits per heavy atom. The number of ketones is 1. The summed E-state index contributed by atoms with van der Waals surface area (Å²) in [5, 5.41) is 2.90. The van der Waals surface area contributed by atoms with Crippen LogP contribution in [0.5, 0.6) is 0 Å². The SMILES string of the molecule is CC(=O)c1ccc(C(C)(C)C)cc1N=O. The first-order valence-corrected chi connectivity index (χ1v) is 4.85. The van der Waals surface area contributed by atoms with Gasteiger partial charge in [0.15, 0.2) is 5.78 Å². The fourth-order valence-electron chi connectivity index (χ4n) is 1.37. The van der Waals surface area contributed by atoms with Crippen LogP contribution in [0.1, 0.15) is 43.6 Å². The van der Waals surface area contributed by atoms with Crippen molar-refractivity contribution in [3.05, 3.63) is 34.2 Å². The lowest BCUT2D eigenvalue weighted by atomic mass is 9.86. The number of hydrogen-bond acceptors (Lipinski definition) is 3. The van der Waals surface area contributed by atoms with Crippen molar-refractivity contribution in [2.24, 2.45) is 5.18 Å². The maximum Gasteiger partial charge on any atom is 0.162 e. The highest BCUT2D eigenvalue weighted by atomic mass is 16.3. The molecule has 15 heavy (non-hydrogen) atoms. The first kappa shape index (κ1) is 11.6. The summed E-state index contributed by atoms with van der Waals surface area (Å²) >= 11 is 0. The minimum Gasteiger partial charge on any atom is -0.294 e. The van der Waals surface area contributed by atoms with Crippen molar-refractivity contribution in [3.8, 4) is 0 Å². The van der Waals surface area contributed by atoms with E-state index in [0.717, 1.165) is 5.56 Å². The molecule has 1 aromatic rings. The number of hydrogen-bond donors (Lipinski definition) is 0. The summed E-state index contributed by atoms with van der Waals surface area (Å²) < 4.78 is 0. The van der Waals surface area contributed by atoms with Gasteiger partial charge in [-0.1, -0.05) is 26.8 Å². The van der Waals surface area contributed by atoms with Gasteiger partial charge in [-0.2, -0.15) is 0 Å². The van der Waals surface area contributed by atoms with Gasteiger partial charge in [0.1, 0.15) is 5.69 Å². The quantitative estimate of drug-likeness (QED) is 0.547. The Morgan fingerprint density at radius 3 is 2.27 bits per heavy atom. The van der Waals surface area contributed by atoms with Gasteiger partial charge in [-0.3, -0.25) is 4.79 Å². The normalized spacial score (nSPS) is 11.2. The summed E-state index contributed by atoms with van der Waals surface area (Å²) in [6.07, 6.45) is 0. The average Bonchev–Trinajstić information content (AvgIpc) is 2.15. The van der Waals surface area contributed by atoms with E-state index in [1.165, 1.54) is 6.92 Å². The minimum absolute atomic E-state index is 0.0469. The van der Waals surface area contributed by atoms with Crippen molar-refractivity contribution in [3.63, 3.8) is 0 Å². The van der Waals surface area contributed by atoms with Gasteiger partial charge in [-0.15, -0.1) is 4.91 Å². The van der Waals surface area contributed by atoms with Crippen molar-refractivity contribution in [2.75, 3.05) is 0 Å². The first-order valence-electron chi connectivity index (χ1n) is 4.85. The number of Topliss-reactive ketones (excluding diaryl/α,β-unsaturated/α-hetero) is 1. The van der Waals surface area contributed by atoms with Crippen LogP contribution in [-0.2, 0) is 5.41 Å². The van der Waals surface area contributed by atoms with Crippen molar-refractivity contribution in [2.45, 2.75) is 33.1 Å². The van der Waals surface area contributed by atoms with E-state index in [1.807, 2.05) is 26.8 Å². The minimum atomic E-state index is -0.134. The fraction of sp³-hybridized carbons (Fsp3) is 0.417. The number of benzene rings is 1. The first-order chi connectivity index (χ1) is 6.86. The van der Waals surface area contributed by atoms with E-state index in [-0.39, 0.29) is 16.9 Å². The van der Waals surface area contributed by atoms with Gasteiger partial charge >= 0.3 is 0 Å². The van der Waals surface area contributed by atoms with Crippen molar-refractivity contribution >= 4 is 11.5 Å². The highest BCUT2D eigenvalue weighted by Crippen LogP contribution is 2.28. The molecule has 3 nitrogen and oxygen atoms in total. The lowest BCUT2D eigenvalue weighted by molar-refractivity contribution is 0.101. The zero-order valence-electron chi connectivity index (χ0n) is 9.50. The van der Waals surface area contributed by atoms with Crippen LogP contribution >= 0.6 is 0 Å². The van der Waals surface area contributed by atoms with Gasteiger partial charge in [-0.05, 0) is 35.2 Å². The largest absolute Gasteiger partial charge is 0.294 e. The van der Waals surface area contributed by atoms with E-state index in [2.05, 4.69) is 5.18 Å². The van der Waals surface area contributed by atoms with Gasteiger partial charge in [0.25, 0.3) is 0 Å². The predicted molar refractivity (Wildman–Crippen MR) is 60.6 cm³/mol. The molecule has 0 fully saturated rings. The molecule has 0 aliphatic rings. The smallest absolute Gasteiger partial charge is 0.162 e. The summed E-state index contributed by atoms with van der Waals surface area (Å²) in [5.74, 6) is -0.134. The molecule has 1 aromatic carbocycles. The molecule has 1 rings (SSSR count). The zero-order chi connectivity index (χ0) is 11.6. The van der Waals surface area contributed by atoms with E-state index in [4.69, 9.17) is 0 Å². The molecule has 0 heterocycles. The molecule has 0 aromatic heterocycles. The molecule has 0 aliphatic carbocycles. The van der Waals surface area contributed by atoms with E-state index < -0.39 is 0 Å². The van der Waals surface area contributed by atoms with Crippen LogP contribution in [0.4, 0.5) is 5.69 Å². The fourth-order valence-corrected chi connectivity index (χ4v) is 1.37. The number of nitrogens with zero attached hydrogens (tertiary/aromatic N) is 1. The standard InChI is InChI=1S/C12H15NO2/c1-8(14)10-6-5-9(12(2,3)4)7-11(10)13-15/h5-7H,1-4H3. The third-order valence-electron chi connectivity index (χ3n) is 2.34. The molecule has 0 unspecified atom stereocenters. The molecule has 0 saturated carbocycles. The molecule has 0 N–H and O–H groups in total. The maximum absolute atomic E-state index is 11.2. The predicted octanol–water partition coefficient (Wildman–Crippen LogP) is 3.58. The summed E-state index contributed by atoms with van der Waals surface area (Å²) in [6, 6.07) is 5.22. The summed E-state index contributed by atoms with van der Waals surface area (Å²) in [5.41, 5.74) is 1.57. The highest BCUT2D eigenvalue weighted by Gasteiger charge is 2.17. The van der Waals surface area contributed by atoms with Crippen molar-refractivity contribution < 1.29 is 4.79 Å². The third-order valence-corrected chi connectivity index (χ3v) is 2.34. The summed E-state index contributed by atoms with van der Waals surface area (Å²) in [4.78, 5) is 21.8. The van der Waals surface area contributed by atoms with Crippen molar-refractivity contribution in [1.82, 2.24) is 0 Å². The van der Waals surface area contributed by atoms with Crippen LogP contribution in [0, 0.1) is 4.91 Å². The molecule has 0 radical (unpaired) electrons. The Hall–Kier alpha value is -1.51. The summed E-state index contributed by atoms with van der Waals surface area (Å²) in [7, 11) is 0. The molecule has 0 bridgehead atoms. The Bertz CT molecular complexity index is 403. The van der Waals surface area contributed by atoms with Crippen LogP contribution in [-0.4, -0.2) is 5.78 Å². The maximum atomic E-state index is 11.2. The van der Waals surface area contributed by atoms with E-state index in [1.54, 1.807) is 12.1 Å². The van der Waals surface area contributed by atoms with Gasteiger partial charge < -0.3 is 0 Å².